The number of rotatable bonds is 4. The van der Waals surface area contributed by atoms with Gasteiger partial charge in [0.25, 0.3) is 0 Å². The Kier molecular flexibility index (Phi) is 4.19. The number of pyridine rings is 1. The fraction of sp³-hybridized carbons (Fsp3) is 0.231. The lowest BCUT2D eigenvalue weighted by Gasteiger charge is -2.04. The first-order valence-electron chi connectivity index (χ1n) is 5.60. The summed E-state index contributed by atoms with van der Waals surface area (Å²) in [5.41, 5.74) is 0.512. The van der Waals surface area contributed by atoms with Gasteiger partial charge in [-0.2, -0.15) is 5.26 Å². The van der Waals surface area contributed by atoms with Crippen LogP contribution < -0.4 is 5.32 Å². The molecule has 0 spiro atoms. The quantitative estimate of drug-likeness (QED) is 0.864. The zero-order valence-electron chi connectivity index (χ0n) is 9.90. The maximum absolute atomic E-state index is 8.84. The van der Waals surface area contributed by atoms with E-state index >= 15 is 0 Å². The zero-order valence-corrected chi connectivity index (χ0v) is 11.5. The van der Waals surface area contributed by atoms with Gasteiger partial charge in [0, 0.05) is 9.75 Å². The van der Waals surface area contributed by atoms with Crippen LogP contribution in [0.4, 0.5) is 5.82 Å². The molecule has 0 amide bonds. The van der Waals surface area contributed by atoms with Crippen molar-refractivity contribution in [2.45, 2.75) is 19.9 Å². The van der Waals surface area contributed by atoms with Crippen LogP contribution in [0.2, 0.25) is 5.15 Å². The molecule has 0 atom stereocenters. The van der Waals surface area contributed by atoms with Crippen LogP contribution in [0.1, 0.15) is 22.2 Å². The number of hydrogen-bond donors (Lipinski definition) is 1. The van der Waals surface area contributed by atoms with Gasteiger partial charge in [0.2, 0.25) is 0 Å². The molecule has 2 heterocycles. The Hall–Kier alpha value is -1.57. The third-order valence-corrected chi connectivity index (χ3v) is 3.86. The average Bonchev–Trinajstić information content (AvgIpc) is 2.83. The number of hydrogen-bond acceptors (Lipinski definition) is 4. The van der Waals surface area contributed by atoms with Crippen molar-refractivity contribution in [3.63, 3.8) is 0 Å². The third kappa shape index (κ3) is 3.22. The number of halogens is 1. The van der Waals surface area contributed by atoms with Crippen LogP contribution in [0.3, 0.4) is 0 Å². The number of thiophene rings is 1. The molecular formula is C13H12ClN3S. The number of aromatic nitrogens is 1. The minimum absolute atomic E-state index is 0.331. The zero-order chi connectivity index (χ0) is 13.0. The summed E-state index contributed by atoms with van der Waals surface area (Å²) in [5, 5.41) is 12.4. The van der Waals surface area contributed by atoms with E-state index in [2.05, 4.69) is 35.4 Å². The average molecular weight is 278 g/mol. The largest absolute Gasteiger partial charge is 0.365 e. The highest BCUT2D eigenvalue weighted by atomic mass is 35.5. The standard InChI is InChI=1S/C13H12ClN3S/c1-2-10-3-4-11(18-10)8-16-13-6-9(7-15)5-12(14)17-13/h3-6H,2,8H2,1H3,(H,16,17). The Bertz CT molecular complexity index is 586. The van der Waals surface area contributed by atoms with E-state index in [1.54, 1.807) is 23.5 Å². The predicted molar refractivity (Wildman–Crippen MR) is 75.0 cm³/mol. The molecule has 0 saturated carbocycles. The highest BCUT2D eigenvalue weighted by molar-refractivity contribution is 7.12. The van der Waals surface area contributed by atoms with Gasteiger partial charge in [0.1, 0.15) is 11.0 Å². The highest BCUT2D eigenvalue weighted by Crippen LogP contribution is 2.19. The second kappa shape index (κ2) is 5.85. The Labute approximate surface area is 115 Å². The van der Waals surface area contributed by atoms with Gasteiger partial charge in [-0.05, 0) is 30.7 Å². The first-order chi connectivity index (χ1) is 8.71. The summed E-state index contributed by atoms with van der Waals surface area (Å²) >= 11 is 7.62. The van der Waals surface area contributed by atoms with E-state index in [9.17, 15) is 0 Å². The molecular weight excluding hydrogens is 266 g/mol. The maximum Gasteiger partial charge on any atom is 0.132 e. The molecule has 1 N–H and O–H groups in total. The molecule has 0 aromatic carbocycles. The smallest absolute Gasteiger partial charge is 0.132 e. The molecule has 5 heteroatoms. The molecule has 0 saturated heterocycles. The van der Waals surface area contributed by atoms with Crippen LogP contribution in [0.5, 0.6) is 0 Å². The molecule has 0 aliphatic heterocycles. The van der Waals surface area contributed by atoms with Crippen molar-refractivity contribution < 1.29 is 0 Å². The monoisotopic (exact) mass is 277 g/mol. The number of nitriles is 1. The van der Waals surface area contributed by atoms with E-state index in [-0.39, 0.29) is 0 Å². The van der Waals surface area contributed by atoms with E-state index in [0.717, 1.165) is 6.42 Å². The molecule has 0 bridgehead atoms. The summed E-state index contributed by atoms with van der Waals surface area (Å²) in [6.07, 6.45) is 1.05. The van der Waals surface area contributed by atoms with E-state index < -0.39 is 0 Å². The molecule has 2 aromatic heterocycles. The van der Waals surface area contributed by atoms with E-state index in [1.165, 1.54) is 9.75 Å². The molecule has 2 aromatic rings. The van der Waals surface area contributed by atoms with Crippen LogP contribution in [0.15, 0.2) is 24.3 Å². The van der Waals surface area contributed by atoms with Crippen molar-refractivity contribution in [1.82, 2.24) is 4.98 Å². The Balaban J connectivity index is 2.06. The normalized spacial score (nSPS) is 10.1. The van der Waals surface area contributed by atoms with Crippen molar-refractivity contribution in [2.24, 2.45) is 0 Å². The highest BCUT2D eigenvalue weighted by Gasteiger charge is 2.02. The van der Waals surface area contributed by atoms with Crippen molar-refractivity contribution in [2.75, 3.05) is 5.32 Å². The molecule has 3 nitrogen and oxygen atoms in total. The van der Waals surface area contributed by atoms with Gasteiger partial charge in [0.15, 0.2) is 0 Å². The van der Waals surface area contributed by atoms with E-state index in [0.29, 0.717) is 23.1 Å². The lowest BCUT2D eigenvalue weighted by molar-refractivity contribution is 1.14. The van der Waals surface area contributed by atoms with E-state index in [4.69, 9.17) is 16.9 Å². The Morgan fingerprint density at radius 3 is 2.83 bits per heavy atom. The van der Waals surface area contributed by atoms with Crippen molar-refractivity contribution >= 4 is 28.8 Å². The molecule has 92 valence electrons. The number of nitrogens with zero attached hydrogens (tertiary/aromatic N) is 2. The van der Waals surface area contributed by atoms with E-state index in [1.807, 2.05) is 0 Å². The number of anilines is 1. The summed E-state index contributed by atoms with van der Waals surface area (Å²) in [6, 6.07) is 9.54. The summed E-state index contributed by atoms with van der Waals surface area (Å²) in [7, 11) is 0. The van der Waals surface area contributed by atoms with Crippen LogP contribution in [0, 0.1) is 11.3 Å². The fourth-order valence-electron chi connectivity index (χ4n) is 1.54. The van der Waals surface area contributed by atoms with Gasteiger partial charge in [-0.1, -0.05) is 18.5 Å². The van der Waals surface area contributed by atoms with Gasteiger partial charge in [0.05, 0.1) is 18.2 Å². The first kappa shape index (κ1) is 12.9. The second-order valence-corrected chi connectivity index (χ2v) is 5.39. The molecule has 0 aliphatic rings. The molecule has 2 rings (SSSR count). The molecule has 0 fully saturated rings. The summed E-state index contributed by atoms with van der Waals surface area (Å²) in [6.45, 7) is 2.84. The second-order valence-electron chi connectivity index (χ2n) is 3.75. The minimum atomic E-state index is 0.331. The summed E-state index contributed by atoms with van der Waals surface area (Å²) in [4.78, 5) is 6.74. The Morgan fingerprint density at radius 1 is 1.39 bits per heavy atom. The predicted octanol–water partition coefficient (Wildman–Crippen LogP) is 3.84. The van der Waals surface area contributed by atoms with Gasteiger partial charge in [-0.25, -0.2) is 4.98 Å². The topological polar surface area (TPSA) is 48.7 Å². The van der Waals surface area contributed by atoms with Gasteiger partial charge in [-0.3, -0.25) is 0 Å². The first-order valence-corrected chi connectivity index (χ1v) is 6.80. The summed E-state index contributed by atoms with van der Waals surface area (Å²) in [5.74, 6) is 0.630. The van der Waals surface area contributed by atoms with Gasteiger partial charge >= 0.3 is 0 Å². The number of nitrogens with one attached hydrogen (secondary N) is 1. The van der Waals surface area contributed by atoms with Crippen molar-refractivity contribution in [1.29, 1.82) is 5.26 Å². The maximum atomic E-state index is 8.84. The van der Waals surface area contributed by atoms with Crippen molar-refractivity contribution in [3.05, 3.63) is 44.7 Å². The van der Waals surface area contributed by atoms with Gasteiger partial charge in [-0.15, -0.1) is 11.3 Å². The molecule has 0 radical (unpaired) electrons. The number of aryl methyl sites for hydroxylation is 1. The van der Waals surface area contributed by atoms with Gasteiger partial charge < -0.3 is 5.32 Å². The summed E-state index contributed by atoms with van der Waals surface area (Å²) < 4.78 is 0. The lowest BCUT2D eigenvalue weighted by atomic mass is 10.3. The minimum Gasteiger partial charge on any atom is -0.365 e. The third-order valence-electron chi connectivity index (χ3n) is 2.43. The lowest BCUT2D eigenvalue weighted by Crippen LogP contribution is -2.00. The fourth-order valence-corrected chi connectivity index (χ4v) is 2.64. The molecule has 18 heavy (non-hydrogen) atoms. The van der Waals surface area contributed by atoms with Crippen LogP contribution in [-0.4, -0.2) is 4.98 Å². The van der Waals surface area contributed by atoms with Crippen LogP contribution in [0.25, 0.3) is 0 Å². The molecule has 0 unspecified atom stereocenters. The Morgan fingerprint density at radius 2 is 2.17 bits per heavy atom. The van der Waals surface area contributed by atoms with Crippen LogP contribution >= 0.6 is 22.9 Å². The molecule has 0 aliphatic carbocycles. The van der Waals surface area contributed by atoms with Crippen LogP contribution in [-0.2, 0) is 13.0 Å². The van der Waals surface area contributed by atoms with Crippen molar-refractivity contribution in [3.8, 4) is 6.07 Å². The SMILES string of the molecule is CCc1ccc(CNc2cc(C#N)cc(Cl)n2)s1.